The van der Waals surface area contributed by atoms with Crippen molar-refractivity contribution in [1.82, 2.24) is 0 Å². The van der Waals surface area contributed by atoms with Gasteiger partial charge in [-0.2, -0.15) is 0 Å². The predicted molar refractivity (Wildman–Crippen MR) is 270 cm³/mol. The largest absolute Gasteiger partial charge is 0.382 e. The van der Waals surface area contributed by atoms with Gasteiger partial charge in [0.2, 0.25) is 0 Å². The summed E-state index contributed by atoms with van der Waals surface area (Å²) in [6, 6.07) is 54.9. The number of hydrogen-bond donors (Lipinski definition) is 2. The van der Waals surface area contributed by atoms with Gasteiger partial charge in [-0.3, -0.25) is 0 Å². The number of rotatable bonds is 33. The third-order valence-corrected chi connectivity index (χ3v) is 13.7. The third kappa shape index (κ3) is 18.1. The van der Waals surface area contributed by atoms with E-state index in [1.165, 1.54) is 79.2 Å². The van der Waals surface area contributed by atoms with E-state index in [0.717, 1.165) is 87.0 Å². The average molecular weight is 869 g/mol. The molecule has 2 N–H and O–H groups in total. The molecular weight excluding hydrogens is 783 g/mol. The third-order valence-electron chi connectivity index (χ3n) is 13.7. The van der Waals surface area contributed by atoms with E-state index in [-0.39, 0.29) is 0 Å². The van der Waals surface area contributed by atoms with Gasteiger partial charge in [0.25, 0.3) is 0 Å². The highest BCUT2D eigenvalue weighted by Gasteiger charge is 2.41. The number of aliphatic hydroxyl groups is 2. The van der Waals surface area contributed by atoms with Gasteiger partial charge in [-0.15, -0.1) is 0 Å². The molecule has 5 heteroatoms. The number of quaternary nitrogens is 3. The molecule has 5 nitrogen and oxygen atoms in total. The summed E-state index contributed by atoms with van der Waals surface area (Å²) in [7, 11) is 0. The highest BCUT2D eigenvalue weighted by Crippen LogP contribution is 2.28. The Morgan fingerprint density at radius 2 is 0.516 bits per heavy atom. The maximum absolute atomic E-state index is 12.9. The molecule has 0 aliphatic carbocycles. The number of nitrogens with zero attached hydrogens (tertiary/aromatic N) is 3. The van der Waals surface area contributed by atoms with E-state index in [4.69, 9.17) is 0 Å². The summed E-state index contributed by atoms with van der Waals surface area (Å²) in [6.07, 6.45) is 13.1. The van der Waals surface area contributed by atoms with Gasteiger partial charge < -0.3 is 23.7 Å². The summed E-state index contributed by atoms with van der Waals surface area (Å²) in [6.45, 7) is 16.8. The van der Waals surface area contributed by atoms with E-state index in [9.17, 15) is 10.2 Å². The minimum absolute atomic E-state index is 0.553. The van der Waals surface area contributed by atoms with Gasteiger partial charge in [0.1, 0.15) is 58.9 Å². The Labute approximate surface area is 390 Å². The van der Waals surface area contributed by atoms with E-state index in [0.29, 0.717) is 30.7 Å². The van der Waals surface area contributed by atoms with Crippen LogP contribution in [0.4, 0.5) is 0 Å². The highest BCUT2D eigenvalue weighted by molar-refractivity contribution is 5.17. The van der Waals surface area contributed by atoms with Crippen LogP contribution in [0.3, 0.4) is 0 Å². The predicted octanol–water partition coefficient (Wildman–Crippen LogP) is 12.9. The maximum Gasteiger partial charge on any atom is 0.152 e. The lowest BCUT2D eigenvalue weighted by Gasteiger charge is -2.46. The second-order valence-electron chi connectivity index (χ2n) is 19.6. The molecule has 0 aliphatic rings. The second kappa shape index (κ2) is 28.1. The number of benzene rings is 5. The Bertz CT molecular complexity index is 1710. The first kappa shape index (κ1) is 50.9. The molecule has 0 fully saturated rings. The van der Waals surface area contributed by atoms with Crippen molar-refractivity contribution in [2.75, 3.05) is 45.8 Å². The molecule has 5 rings (SSSR count). The van der Waals surface area contributed by atoms with E-state index < -0.39 is 12.2 Å². The van der Waals surface area contributed by atoms with Crippen LogP contribution in [0.15, 0.2) is 152 Å². The van der Waals surface area contributed by atoms with Crippen molar-refractivity contribution in [3.8, 4) is 0 Å². The Morgan fingerprint density at radius 1 is 0.297 bits per heavy atom. The Hall–Kier alpha value is -4.10. The molecule has 0 spiro atoms. The van der Waals surface area contributed by atoms with Gasteiger partial charge in [0.15, 0.2) is 12.2 Å². The van der Waals surface area contributed by atoms with Crippen molar-refractivity contribution < 1.29 is 23.7 Å². The van der Waals surface area contributed by atoms with E-state index >= 15 is 0 Å². The highest BCUT2D eigenvalue weighted by atomic mass is 16.3. The number of hydrogen-bond acceptors (Lipinski definition) is 2. The molecule has 0 aromatic heterocycles. The fourth-order valence-corrected chi connectivity index (χ4v) is 10.7. The zero-order valence-corrected chi connectivity index (χ0v) is 40.3. The zero-order valence-electron chi connectivity index (χ0n) is 40.3. The Morgan fingerprint density at radius 3 is 0.766 bits per heavy atom. The molecule has 0 heterocycles. The molecule has 5 aromatic carbocycles. The molecule has 0 radical (unpaired) electrons. The number of aliphatic hydroxyl groups excluding tert-OH is 2. The number of unbranched alkanes of at least 4 members (excludes halogenated alkanes) is 9. The van der Waals surface area contributed by atoms with Crippen molar-refractivity contribution in [3.63, 3.8) is 0 Å². The van der Waals surface area contributed by atoms with Crippen molar-refractivity contribution >= 4 is 0 Å². The quantitative estimate of drug-likeness (QED) is 0.0326. The molecule has 5 aromatic rings. The SMILES string of the molecule is CCCCCC[N+](Cc1ccccc1)(Cc1ccccc1)CC(O)C[N+](CCCCCC)(Cc1ccccc1)CC(O)C[N+](CCCCCC)(Cc1ccccc1)Cc1ccccc1. The topological polar surface area (TPSA) is 40.5 Å². The zero-order chi connectivity index (χ0) is 45.2. The first-order valence-corrected chi connectivity index (χ1v) is 25.4. The summed E-state index contributed by atoms with van der Waals surface area (Å²) >= 11 is 0. The lowest BCUT2D eigenvalue weighted by Crippen LogP contribution is -2.61. The molecule has 0 amide bonds. The van der Waals surface area contributed by atoms with Crippen molar-refractivity contribution in [2.24, 2.45) is 0 Å². The summed E-state index contributed by atoms with van der Waals surface area (Å²) in [5.74, 6) is 0. The van der Waals surface area contributed by atoms with Crippen LogP contribution in [0, 0.1) is 0 Å². The van der Waals surface area contributed by atoms with Crippen molar-refractivity contribution in [3.05, 3.63) is 179 Å². The van der Waals surface area contributed by atoms with Gasteiger partial charge in [-0.25, -0.2) is 0 Å². The standard InChI is InChI=1S/C59H86N3O2/c1-4-7-10-28-41-60(44-53-31-18-13-19-32-53,45-54-33-20-14-21-34-54)49-58(63)51-62(43-30-12-9-6-3,48-57-39-26-17-27-40-57)52-59(64)50-61(42-29-11-8-5-2,46-55-35-22-15-23-36-55)47-56-37-24-16-25-38-56/h13-27,31-40,58-59,63-64H,4-12,28-30,41-52H2,1-3H3/q+3. The lowest BCUT2D eigenvalue weighted by atomic mass is 10.0. The minimum atomic E-state index is -0.553. The van der Waals surface area contributed by atoms with Crippen LogP contribution in [0.5, 0.6) is 0 Å². The van der Waals surface area contributed by atoms with Crippen LogP contribution in [-0.2, 0) is 32.7 Å². The van der Waals surface area contributed by atoms with Crippen LogP contribution in [0.25, 0.3) is 0 Å². The normalized spacial score (nSPS) is 14.0. The van der Waals surface area contributed by atoms with Gasteiger partial charge in [0, 0.05) is 27.8 Å². The summed E-state index contributed by atoms with van der Waals surface area (Å²) in [5, 5.41) is 25.9. The summed E-state index contributed by atoms with van der Waals surface area (Å²) < 4.78 is 2.30. The van der Waals surface area contributed by atoms with Crippen molar-refractivity contribution in [2.45, 2.75) is 143 Å². The van der Waals surface area contributed by atoms with Crippen LogP contribution in [0.2, 0.25) is 0 Å². The fraction of sp³-hybridized carbons (Fsp3) is 0.492. The van der Waals surface area contributed by atoms with Gasteiger partial charge in [0.05, 0.1) is 19.6 Å². The molecular formula is C59H86N3O2+3. The Kier molecular flexibility index (Phi) is 22.3. The second-order valence-corrected chi connectivity index (χ2v) is 19.6. The smallest absolute Gasteiger partial charge is 0.152 e. The van der Waals surface area contributed by atoms with Crippen LogP contribution < -0.4 is 0 Å². The van der Waals surface area contributed by atoms with E-state index in [1.54, 1.807) is 0 Å². The molecule has 64 heavy (non-hydrogen) atoms. The fourth-order valence-electron chi connectivity index (χ4n) is 10.7. The monoisotopic (exact) mass is 869 g/mol. The summed E-state index contributed by atoms with van der Waals surface area (Å²) in [4.78, 5) is 0. The first-order chi connectivity index (χ1) is 31.3. The lowest BCUT2D eigenvalue weighted by molar-refractivity contribution is -0.978. The Balaban J connectivity index is 1.54. The molecule has 0 saturated carbocycles. The minimum Gasteiger partial charge on any atom is -0.382 e. The van der Waals surface area contributed by atoms with Gasteiger partial charge >= 0.3 is 0 Å². The first-order valence-electron chi connectivity index (χ1n) is 25.4. The van der Waals surface area contributed by atoms with E-state index in [2.05, 4.69) is 172 Å². The van der Waals surface area contributed by atoms with Gasteiger partial charge in [-0.05, 0) is 38.5 Å². The molecule has 2 unspecified atom stereocenters. The molecule has 0 aliphatic heterocycles. The average Bonchev–Trinajstić information content (AvgIpc) is 3.30. The van der Waals surface area contributed by atoms with Crippen LogP contribution in [0.1, 0.15) is 126 Å². The maximum atomic E-state index is 12.9. The molecule has 2 atom stereocenters. The van der Waals surface area contributed by atoms with Gasteiger partial charge in [-0.1, -0.05) is 211 Å². The summed E-state index contributed by atoms with van der Waals surface area (Å²) in [5.41, 5.74) is 6.58. The molecule has 0 bridgehead atoms. The van der Waals surface area contributed by atoms with Crippen LogP contribution in [-0.4, -0.2) is 81.7 Å². The van der Waals surface area contributed by atoms with Crippen LogP contribution >= 0.6 is 0 Å². The molecule has 346 valence electrons. The van der Waals surface area contributed by atoms with E-state index in [1.807, 2.05) is 0 Å². The molecule has 0 saturated heterocycles. The van der Waals surface area contributed by atoms with Crippen molar-refractivity contribution in [1.29, 1.82) is 0 Å².